The number of hydrogen-bond donors (Lipinski definition) is 1. The predicted molar refractivity (Wildman–Crippen MR) is 106 cm³/mol. The van der Waals surface area contributed by atoms with Crippen molar-refractivity contribution in [2.24, 2.45) is 0 Å². The van der Waals surface area contributed by atoms with Gasteiger partial charge in [0.25, 0.3) is 11.7 Å². The molecule has 1 aromatic heterocycles. The van der Waals surface area contributed by atoms with Crippen molar-refractivity contribution in [2.45, 2.75) is 17.6 Å². The summed E-state index contributed by atoms with van der Waals surface area (Å²) in [5.74, 6) is -3.44. The van der Waals surface area contributed by atoms with E-state index in [-0.39, 0.29) is 16.3 Å². The molecule has 0 bridgehead atoms. The summed E-state index contributed by atoms with van der Waals surface area (Å²) in [5.41, 5.74) is 0.205. The van der Waals surface area contributed by atoms with Crippen molar-refractivity contribution in [1.29, 1.82) is 0 Å². The first-order chi connectivity index (χ1) is 13.4. The summed E-state index contributed by atoms with van der Waals surface area (Å²) in [6.45, 7) is 1.66. The molecule has 0 aliphatic rings. The molecular weight excluding hydrogens is 408 g/mol. The maximum absolute atomic E-state index is 12.7. The lowest BCUT2D eigenvalue weighted by atomic mass is 10.2. The summed E-state index contributed by atoms with van der Waals surface area (Å²) in [5, 5.41) is 7.02. The highest BCUT2D eigenvalue weighted by Gasteiger charge is 2.18. The summed E-state index contributed by atoms with van der Waals surface area (Å²) in [6, 6.07) is 14.2. The molecule has 9 heteroatoms. The SMILES string of the molecule is Cc1cc(=O)c(C(=O)Nc2ccccc2SC(F)F)nn1-c1ccccc1Cl. The summed E-state index contributed by atoms with van der Waals surface area (Å²) in [6.07, 6.45) is 0. The van der Waals surface area contributed by atoms with Crippen molar-refractivity contribution in [3.8, 4) is 5.69 Å². The minimum absolute atomic E-state index is 0.170. The summed E-state index contributed by atoms with van der Waals surface area (Å²) < 4.78 is 26.8. The molecular formula is C19H14ClF2N3O2S. The number of rotatable bonds is 5. The van der Waals surface area contributed by atoms with E-state index in [0.29, 0.717) is 28.2 Å². The van der Waals surface area contributed by atoms with Crippen molar-refractivity contribution < 1.29 is 13.6 Å². The van der Waals surface area contributed by atoms with E-state index in [1.54, 1.807) is 43.3 Å². The van der Waals surface area contributed by atoms with Crippen LogP contribution in [0.15, 0.2) is 64.3 Å². The first-order valence-electron chi connectivity index (χ1n) is 8.08. The van der Waals surface area contributed by atoms with Crippen LogP contribution in [0.5, 0.6) is 0 Å². The van der Waals surface area contributed by atoms with Crippen molar-refractivity contribution in [3.63, 3.8) is 0 Å². The molecule has 5 nitrogen and oxygen atoms in total. The lowest BCUT2D eigenvalue weighted by molar-refractivity contribution is 0.101. The summed E-state index contributed by atoms with van der Waals surface area (Å²) in [4.78, 5) is 25.1. The number of aryl methyl sites for hydroxylation is 1. The molecule has 0 saturated carbocycles. The molecule has 0 unspecified atom stereocenters. The van der Waals surface area contributed by atoms with E-state index in [1.165, 1.54) is 22.9 Å². The molecule has 144 valence electrons. The number of benzene rings is 2. The Balaban J connectivity index is 1.99. The number of carbonyl (C=O) groups is 1. The first-order valence-corrected chi connectivity index (χ1v) is 9.33. The Kier molecular flexibility index (Phi) is 6.11. The Labute approximate surface area is 168 Å². The summed E-state index contributed by atoms with van der Waals surface area (Å²) >= 11 is 6.49. The van der Waals surface area contributed by atoms with Crippen LogP contribution in [0.1, 0.15) is 16.2 Å². The van der Waals surface area contributed by atoms with Crippen LogP contribution < -0.4 is 10.7 Å². The van der Waals surface area contributed by atoms with Crippen LogP contribution >= 0.6 is 23.4 Å². The van der Waals surface area contributed by atoms with Gasteiger partial charge in [-0.2, -0.15) is 13.9 Å². The fourth-order valence-electron chi connectivity index (χ4n) is 2.52. The highest BCUT2D eigenvalue weighted by atomic mass is 35.5. The van der Waals surface area contributed by atoms with E-state index in [9.17, 15) is 18.4 Å². The molecule has 0 fully saturated rings. The topological polar surface area (TPSA) is 64.0 Å². The minimum atomic E-state index is -2.65. The number of halogens is 3. The maximum atomic E-state index is 12.7. The zero-order valence-electron chi connectivity index (χ0n) is 14.5. The average molecular weight is 422 g/mol. The number of aromatic nitrogens is 2. The van der Waals surface area contributed by atoms with Gasteiger partial charge in [0, 0.05) is 16.7 Å². The third-order valence-corrected chi connectivity index (χ3v) is 4.86. The van der Waals surface area contributed by atoms with Crippen LogP contribution in [0.3, 0.4) is 0 Å². The van der Waals surface area contributed by atoms with Crippen molar-refractivity contribution in [1.82, 2.24) is 9.78 Å². The van der Waals surface area contributed by atoms with Crippen molar-refractivity contribution in [2.75, 3.05) is 5.32 Å². The molecule has 0 saturated heterocycles. The molecule has 0 aliphatic heterocycles. The van der Waals surface area contributed by atoms with Gasteiger partial charge in [0.1, 0.15) is 0 Å². The van der Waals surface area contributed by atoms with Gasteiger partial charge in [-0.15, -0.1) is 0 Å². The number of thioether (sulfide) groups is 1. The quantitative estimate of drug-likeness (QED) is 0.603. The largest absolute Gasteiger partial charge is 0.319 e. The van der Waals surface area contributed by atoms with Crippen LogP contribution in [0, 0.1) is 6.92 Å². The molecule has 0 atom stereocenters. The Morgan fingerprint density at radius 3 is 2.57 bits per heavy atom. The lowest BCUT2D eigenvalue weighted by Gasteiger charge is -2.13. The molecule has 3 rings (SSSR count). The maximum Gasteiger partial charge on any atom is 0.288 e. The fraction of sp³-hybridized carbons (Fsp3) is 0.105. The smallest absolute Gasteiger partial charge is 0.288 e. The molecule has 0 aliphatic carbocycles. The van der Waals surface area contributed by atoms with Gasteiger partial charge >= 0.3 is 0 Å². The molecule has 1 heterocycles. The van der Waals surface area contributed by atoms with E-state index in [0.717, 1.165) is 0 Å². The molecule has 1 amide bonds. The summed E-state index contributed by atoms with van der Waals surface area (Å²) in [7, 11) is 0. The van der Waals surface area contributed by atoms with Gasteiger partial charge in [0.15, 0.2) is 5.69 Å². The monoisotopic (exact) mass is 421 g/mol. The number of nitrogens with one attached hydrogen (secondary N) is 1. The molecule has 0 spiro atoms. The van der Waals surface area contributed by atoms with Crippen LogP contribution in [0.4, 0.5) is 14.5 Å². The predicted octanol–water partition coefficient (Wildman–Crippen LogP) is 4.76. The number of amides is 1. The van der Waals surface area contributed by atoms with Gasteiger partial charge in [0.2, 0.25) is 5.43 Å². The van der Waals surface area contributed by atoms with E-state index in [2.05, 4.69) is 10.4 Å². The van der Waals surface area contributed by atoms with Crippen LogP contribution in [0.25, 0.3) is 5.69 Å². The highest BCUT2D eigenvalue weighted by Crippen LogP contribution is 2.31. The van der Waals surface area contributed by atoms with Gasteiger partial charge in [0.05, 0.1) is 16.4 Å². The van der Waals surface area contributed by atoms with Crippen molar-refractivity contribution in [3.05, 3.63) is 81.2 Å². The number of anilines is 1. The van der Waals surface area contributed by atoms with Gasteiger partial charge in [-0.25, -0.2) is 4.68 Å². The number of carbonyl (C=O) groups excluding carboxylic acids is 1. The third kappa shape index (κ3) is 4.40. The lowest BCUT2D eigenvalue weighted by Crippen LogP contribution is -2.27. The van der Waals surface area contributed by atoms with Crippen LogP contribution in [0.2, 0.25) is 5.02 Å². The zero-order chi connectivity index (χ0) is 20.3. The van der Waals surface area contributed by atoms with E-state index < -0.39 is 17.1 Å². The standard InChI is InChI=1S/C19H14ClF2N3O2S/c1-11-10-15(26)17(24-25(11)14-8-4-2-6-12(14)20)18(27)23-13-7-3-5-9-16(13)28-19(21)22/h2-10,19H,1H3,(H,23,27). The molecule has 1 N–H and O–H groups in total. The van der Waals surface area contributed by atoms with E-state index in [4.69, 9.17) is 11.6 Å². The number of nitrogens with zero attached hydrogens (tertiary/aromatic N) is 2. The Morgan fingerprint density at radius 2 is 1.86 bits per heavy atom. The van der Waals surface area contributed by atoms with E-state index >= 15 is 0 Å². The van der Waals surface area contributed by atoms with Gasteiger partial charge in [-0.3, -0.25) is 9.59 Å². The Hall–Kier alpha value is -2.71. The normalized spacial score (nSPS) is 10.9. The first kappa shape index (κ1) is 20.0. The number of alkyl halides is 2. The van der Waals surface area contributed by atoms with Crippen LogP contribution in [-0.2, 0) is 0 Å². The second-order valence-electron chi connectivity index (χ2n) is 5.69. The number of hydrogen-bond acceptors (Lipinski definition) is 4. The van der Waals surface area contributed by atoms with Crippen LogP contribution in [-0.4, -0.2) is 21.4 Å². The molecule has 2 aromatic carbocycles. The number of para-hydroxylation sites is 2. The third-order valence-electron chi connectivity index (χ3n) is 3.75. The average Bonchev–Trinajstić information content (AvgIpc) is 2.64. The second-order valence-corrected chi connectivity index (χ2v) is 7.13. The molecule has 0 radical (unpaired) electrons. The molecule has 28 heavy (non-hydrogen) atoms. The van der Waals surface area contributed by atoms with Crippen molar-refractivity contribution >= 4 is 35.0 Å². The molecule has 3 aromatic rings. The zero-order valence-corrected chi connectivity index (χ0v) is 16.1. The fourth-order valence-corrected chi connectivity index (χ4v) is 3.33. The highest BCUT2D eigenvalue weighted by molar-refractivity contribution is 7.99. The van der Waals surface area contributed by atoms with Gasteiger partial charge in [-0.05, 0) is 31.2 Å². The van der Waals surface area contributed by atoms with E-state index in [1.807, 2.05) is 0 Å². The van der Waals surface area contributed by atoms with Gasteiger partial charge < -0.3 is 5.32 Å². The van der Waals surface area contributed by atoms with Gasteiger partial charge in [-0.1, -0.05) is 47.6 Å². The Morgan fingerprint density at radius 1 is 1.18 bits per heavy atom. The Bertz CT molecular complexity index is 1090. The minimum Gasteiger partial charge on any atom is -0.319 e. The second kappa shape index (κ2) is 8.53.